The number of nitrogens with two attached hydrogens (primary N) is 1. The summed E-state index contributed by atoms with van der Waals surface area (Å²) < 4.78 is 0. The molecule has 1 saturated heterocycles. The SMILES string of the molecule is NC(=O)CSCCC(=O)N1CC[C@@H](O)C1. The van der Waals surface area contributed by atoms with Crippen molar-refractivity contribution in [2.24, 2.45) is 5.73 Å². The lowest BCUT2D eigenvalue weighted by atomic mass is 10.3. The Labute approximate surface area is 93.0 Å². The first-order valence-corrected chi connectivity index (χ1v) is 6.07. The van der Waals surface area contributed by atoms with Crippen LogP contribution in [0.2, 0.25) is 0 Å². The fraction of sp³-hybridized carbons (Fsp3) is 0.778. The molecule has 0 bridgehead atoms. The summed E-state index contributed by atoms with van der Waals surface area (Å²) in [5.41, 5.74) is 4.96. The van der Waals surface area contributed by atoms with Crippen molar-refractivity contribution in [1.29, 1.82) is 0 Å². The minimum Gasteiger partial charge on any atom is -0.391 e. The highest BCUT2D eigenvalue weighted by Crippen LogP contribution is 2.11. The number of aliphatic hydroxyl groups excluding tert-OH is 1. The first-order chi connectivity index (χ1) is 7.09. The molecule has 1 fully saturated rings. The molecule has 0 aromatic carbocycles. The highest BCUT2D eigenvalue weighted by molar-refractivity contribution is 7.99. The van der Waals surface area contributed by atoms with Crippen molar-refractivity contribution in [2.45, 2.75) is 18.9 Å². The maximum atomic E-state index is 11.5. The Balaban J connectivity index is 2.11. The smallest absolute Gasteiger partial charge is 0.227 e. The molecule has 6 heteroatoms. The third kappa shape index (κ3) is 4.53. The molecule has 0 saturated carbocycles. The van der Waals surface area contributed by atoms with Gasteiger partial charge in [-0.05, 0) is 6.42 Å². The predicted octanol–water partition coefficient (Wildman–Crippen LogP) is -0.812. The van der Waals surface area contributed by atoms with Crippen LogP contribution in [0.15, 0.2) is 0 Å². The van der Waals surface area contributed by atoms with Crippen molar-refractivity contribution in [3.8, 4) is 0 Å². The first kappa shape index (κ1) is 12.3. The number of carbonyl (C=O) groups excluding carboxylic acids is 2. The van der Waals surface area contributed by atoms with E-state index in [1.807, 2.05) is 0 Å². The van der Waals surface area contributed by atoms with Crippen LogP contribution in [0, 0.1) is 0 Å². The summed E-state index contributed by atoms with van der Waals surface area (Å²) in [6, 6.07) is 0. The fourth-order valence-corrected chi connectivity index (χ4v) is 2.12. The number of nitrogens with zero attached hydrogens (tertiary/aromatic N) is 1. The van der Waals surface area contributed by atoms with Crippen LogP contribution in [0.1, 0.15) is 12.8 Å². The molecule has 1 aliphatic rings. The van der Waals surface area contributed by atoms with Gasteiger partial charge in [-0.15, -0.1) is 0 Å². The number of amides is 2. The molecular formula is C9H16N2O3S. The molecule has 1 atom stereocenters. The third-order valence-corrected chi connectivity index (χ3v) is 3.20. The van der Waals surface area contributed by atoms with Gasteiger partial charge < -0.3 is 15.7 Å². The number of aliphatic hydroxyl groups is 1. The second kappa shape index (κ2) is 5.97. The van der Waals surface area contributed by atoms with Crippen LogP contribution in [0.25, 0.3) is 0 Å². The van der Waals surface area contributed by atoms with Gasteiger partial charge in [0.15, 0.2) is 0 Å². The molecule has 0 aromatic rings. The van der Waals surface area contributed by atoms with Crippen LogP contribution in [0.5, 0.6) is 0 Å². The van der Waals surface area contributed by atoms with Gasteiger partial charge in [0.25, 0.3) is 0 Å². The number of β-amino-alcohol motifs (C(OH)–C–C–N with tert-alkyl or cyclic N) is 1. The van der Waals surface area contributed by atoms with Crippen molar-refractivity contribution in [1.82, 2.24) is 4.90 Å². The number of carbonyl (C=O) groups is 2. The van der Waals surface area contributed by atoms with Gasteiger partial charge in [-0.25, -0.2) is 0 Å². The number of likely N-dealkylation sites (tertiary alicyclic amines) is 1. The van der Waals surface area contributed by atoms with Gasteiger partial charge in [0.1, 0.15) is 0 Å². The largest absolute Gasteiger partial charge is 0.391 e. The Morgan fingerprint density at radius 1 is 1.53 bits per heavy atom. The van der Waals surface area contributed by atoms with E-state index in [1.165, 1.54) is 11.8 Å². The molecule has 2 amide bonds. The average molecular weight is 232 g/mol. The van der Waals surface area contributed by atoms with E-state index in [0.717, 1.165) is 0 Å². The molecular weight excluding hydrogens is 216 g/mol. The highest BCUT2D eigenvalue weighted by Gasteiger charge is 2.23. The molecule has 86 valence electrons. The number of rotatable bonds is 5. The monoisotopic (exact) mass is 232 g/mol. The Kier molecular flexibility index (Phi) is 4.90. The van der Waals surface area contributed by atoms with Crippen LogP contribution >= 0.6 is 11.8 Å². The van der Waals surface area contributed by atoms with Crippen LogP contribution in [0.3, 0.4) is 0 Å². The van der Waals surface area contributed by atoms with Crippen molar-refractivity contribution >= 4 is 23.6 Å². The zero-order valence-corrected chi connectivity index (χ0v) is 9.33. The van der Waals surface area contributed by atoms with Crippen LogP contribution < -0.4 is 5.73 Å². The summed E-state index contributed by atoms with van der Waals surface area (Å²) in [6.07, 6.45) is 0.706. The second-order valence-corrected chi connectivity index (χ2v) is 4.66. The summed E-state index contributed by atoms with van der Waals surface area (Å²) >= 11 is 1.36. The van der Waals surface area contributed by atoms with E-state index >= 15 is 0 Å². The number of hydrogen-bond donors (Lipinski definition) is 2. The summed E-state index contributed by atoms with van der Waals surface area (Å²) in [5.74, 6) is 0.553. The highest BCUT2D eigenvalue weighted by atomic mass is 32.2. The molecule has 1 rings (SSSR count). The maximum absolute atomic E-state index is 11.5. The van der Waals surface area contributed by atoms with E-state index in [-0.39, 0.29) is 23.7 Å². The minimum atomic E-state index is -0.368. The summed E-state index contributed by atoms with van der Waals surface area (Å²) in [6.45, 7) is 1.08. The molecule has 5 nitrogen and oxygen atoms in total. The van der Waals surface area contributed by atoms with Crippen molar-refractivity contribution in [3.05, 3.63) is 0 Å². The Hall–Kier alpha value is -0.750. The van der Waals surface area contributed by atoms with E-state index in [2.05, 4.69) is 0 Å². The van der Waals surface area contributed by atoms with E-state index < -0.39 is 0 Å². The number of thioether (sulfide) groups is 1. The lowest BCUT2D eigenvalue weighted by molar-refractivity contribution is -0.130. The van der Waals surface area contributed by atoms with Crippen molar-refractivity contribution in [3.63, 3.8) is 0 Å². The normalized spacial score (nSPS) is 20.6. The molecule has 0 radical (unpaired) electrons. The van der Waals surface area contributed by atoms with Crippen LogP contribution in [-0.2, 0) is 9.59 Å². The van der Waals surface area contributed by atoms with Crippen LogP contribution in [0.4, 0.5) is 0 Å². The Bertz CT molecular complexity index is 248. The second-order valence-electron chi connectivity index (χ2n) is 3.55. The van der Waals surface area contributed by atoms with Gasteiger partial charge in [-0.1, -0.05) is 0 Å². The Morgan fingerprint density at radius 3 is 2.80 bits per heavy atom. The van der Waals surface area contributed by atoms with Gasteiger partial charge in [-0.2, -0.15) is 11.8 Å². The predicted molar refractivity (Wildman–Crippen MR) is 58.3 cm³/mol. The maximum Gasteiger partial charge on any atom is 0.227 e. The molecule has 1 aliphatic heterocycles. The summed E-state index contributed by atoms with van der Waals surface area (Å²) in [7, 11) is 0. The van der Waals surface area contributed by atoms with Gasteiger partial charge in [0.2, 0.25) is 11.8 Å². The minimum absolute atomic E-state index is 0.0449. The summed E-state index contributed by atoms with van der Waals surface area (Å²) in [5, 5.41) is 9.23. The van der Waals surface area contributed by atoms with Gasteiger partial charge in [0, 0.05) is 25.3 Å². The van der Waals surface area contributed by atoms with Crippen molar-refractivity contribution < 1.29 is 14.7 Å². The number of hydrogen-bond acceptors (Lipinski definition) is 4. The van der Waals surface area contributed by atoms with Crippen molar-refractivity contribution in [2.75, 3.05) is 24.6 Å². The molecule has 0 aromatic heterocycles. The Morgan fingerprint density at radius 2 is 2.27 bits per heavy atom. The fourth-order valence-electron chi connectivity index (χ4n) is 1.46. The van der Waals surface area contributed by atoms with E-state index in [9.17, 15) is 14.7 Å². The standard InChI is InChI=1S/C9H16N2O3S/c10-8(13)6-15-4-2-9(14)11-3-1-7(12)5-11/h7,12H,1-6H2,(H2,10,13)/t7-/m1/s1. The van der Waals surface area contributed by atoms with Crippen LogP contribution in [-0.4, -0.2) is 52.5 Å². The molecule has 0 unspecified atom stereocenters. The molecule has 1 heterocycles. The molecule has 15 heavy (non-hydrogen) atoms. The first-order valence-electron chi connectivity index (χ1n) is 4.91. The van der Waals surface area contributed by atoms with Gasteiger partial charge in [-0.3, -0.25) is 9.59 Å². The molecule has 0 spiro atoms. The zero-order chi connectivity index (χ0) is 11.3. The quantitative estimate of drug-likeness (QED) is 0.607. The van der Waals surface area contributed by atoms with Gasteiger partial charge >= 0.3 is 0 Å². The lowest BCUT2D eigenvalue weighted by Crippen LogP contribution is -2.29. The summed E-state index contributed by atoms with van der Waals surface area (Å²) in [4.78, 5) is 23.6. The van der Waals surface area contributed by atoms with E-state index in [1.54, 1.807) is 4.90 Å². The average Bonchev–Trinajstić information content (AvgIpc) is 2.59. The molecule has 0 aliphatic carbocycles. The van der Waals surface area contributed by atoms with E-state index in [0.29, 0.717) is 31.7 Å². The van der Waals surface area contributed by atoms with E-state index in [4.69, 9.17) is 5.73 Å². The topological polar surface area (TPSA) is 83.6 Å². The molecule has 3 N–H and O–H groups in total. The number of primary amides is 1. The lowest BCUT2D eigenvalue weighted by Gasteiger charge is -2.14. The third-order valence-electron chi connectivity index (χ3n) is 2.22. The van der Waals surface area contributed by atoms with Gasteiger partial charge in [0.05, 0.1) is 11.9 Å². The zero-order valence-electron chi connectivity index (χ0n) is 8.52.